The molecule has 0 bridgehead atoms. The summed E-state index contributed by atoms with van der Waals surface area (Å²) >= 11 is 14.3. The van der Waals surface area contributed by atoms with Gasteiger partial charge in [0.1, 0.15) is 6.04 Å². The van der Waals surface area contributed by atoms with E-state index < -0.39 is 11.6 Å². The van der Waals surface area contributed by atoms with E-state index in [1.54, 1.807) is 23.1 Å². The van der Waals surface area contributed by atoms with Crippen LogP contribution in [0.2, 0.25) is 10.0 Å². The van der Waals surface area contributed by atoms with E-state index in [2.05, 4.69) is 17.4 Å². The third-order valence-electron chi connectivity index (χ3n) is 4.85. The number of thioether (sulfide) groups is 1. The Labute approximate surface area is 206 Å². The van der Waals surface area contributed by atoms with Gasteiger partial charge in [-0.1, -0.05) is 66.0 Å². The zero-order chi connectivity index (χ0) is 23.9. The minimum Gasteiger partial charge on any atom is -0.350 e. The van der Waals surface area contributed by atoms with Crippen LogP contribution in [0.4, 0.5) is 0 Å². The topological polar surface area (TPSA) is 49.4 Å². The highest BCUT2D eigenvalue weighted by molar-refractivity contribution is 7.99. The van der Waals surface area contributed by atoms with E-state index in [0.29, 0.717) is 22.0 Å². The maximum Gasteiger partial charge on any atom is 0.243 e. The summed E-state index contributed by atoms with van der Waals surface area (Å²) < 4.78 is 0. The molecule has 32 heavy (non-hydrogen) atoms. The molecule has 2 rings (SSSR count). The van der Waals surface area contributed by atoms with E-state index in [1.807, 2.05) is 46.8 Å². The molecule has 0 fully saturated rings. The Morgan fingerprint density at radius 2 is 1.72 bits per heavy atom. The SMILES string of the molecule is CC[C@@H](C(=O)NC(C)(C)C)N(Cc1c(Cl)cccc1Cl)C(=O)CSCc1cccc(C)c1. The first-order valence-electron chi connectivity index (χ1n) is 10.7. The summed E-state index contributed by atoms with van der Waals surface area (Å²) in [5, 5.41) is 3.96. The molecule has 4 nitrogen and oxygen atoms in total. The van der Waals surface area contributed by atoms with Crippen molar-refractivity contribution in [3.05, 3.63) is 69.2 Å². The van der Waals surface area contributed by atoms with Crippen LogP contribution in [0.15, 0.2) is 42.5 Å². The Hall–Kier alpha value is -1.69. The maximum atomic E-state index is 13.3. The van der Waals surface area contributed by atoms with Crippen LogP contribution >= 0.6 is 35.0 Å². The molecular weight excluding hydrogens is 463 g/mol. The predicted molar refractivity (Wildman–Crippen MR) is 136 cm³/mol. The Kier molecular flexibility index (Phi) is 9.93. The highest BCUT2D eigenvalue weighted by atomic mass is 35.5. The van der Waals surface area contributed by atoms with Crippen molar-refractivity contribution in [1.82, 2.24) is 10.2 Å². The number of halogens is 2. The van der Waals surface area contributed by atoms with Crippen molar-refractivity contribution >= 4 is 46.8 Å². The molecule has 7 heteroatoms. The van der Waals surface area contributed by atoms with Crippen molar-refractivity contribution in [2.45, 2.75) is 64.9 Å². The molecule has 0 heterocycles. The highest BCUT2D eigenvalue weighted by Crippen LogP contribution is 2.27. The van der Waals surface area contributed by atoms with E-state index in [1.165, 1.54) is 22.9 Å². The standard InChI is InChI=1S/C25H32Cl2N2O2S/c1-6-22(24(31)28-25(3,4)5)29(14-19-20(26)11-8-12-21(19)27)23(30)16-32-15-18-10-7-9-17(2)13-18/h7-13,22H,6,14-16H2,1-5H3,(H,28,31)/t22-/m0/s1. The number of nitrogens with zero attached hydrogens (tertiary/aromatic N) is 1. The van der Waals surface area contributed by atoms with Gasteiger partial charge >= 0.3 is 0 Å². The zero-order valence-electron chi connectivity index (χ0n) is 19.4. The number of aryl methyl sites for hydroxylation is 1. The smallest absolute Gasteiger partial charge is 0.243 e. The Morgan fingerprint density at radius 3 is 2.28 bits per heavy atom. The van der Waals surface area contributed by atoms with Gasteiger partial charge in [-0.3, -0.25) is 9.59 Å². The first kappa shape index (κ1) is 26.6. The molecule has 0 unspecified atom stereocenters. The van der Waals surface area contributed by atoms with Crippen LogP contribution in [0.25, 0.3) is 0 Å². The molecule has 0 radical (unpaired) electrons. The molecule has 0 aliphatic carbocycles. The number of carbonyl (C=O) groups excluding carboxylic acids is 2. The highest BCUT2D eigenvalue weighted by Gasteiger charge is 2.31. The molecule has 0 spiro atoms. The van der Waals surface area contributed by atoms with Crippen molar-refractivity contribution < 1.29 is 9.59 Å². The number of benzene rings is 2. The van der Waals surface area contributed by atoms with Crippen LogP contribution in [0.3, 0.4) is 0 Å². The van der Waals surface area contributed by atoms with Crippen LogP contribution in [-0.2, 0) is 21.9 Å². The molecule has 0 aromatic heterocycles. The average Bonchev–Trinajstić information content (AvgIpc) is 2.68. The summed E-state index contributed by atoms with van der Waals surface area (Å²) in [6.45, 7) is 9.90. The van der Waals surface area contributed by atoms with Crippen LogP contribution in [-0.4, -0.2) is 34.0 Å². The van der Waals surface area contributed by atoms with Crippen LogP contribution < -0.4 is 5.32 Å². The predicted octanol–water partition coefficient (Wildman–Crippen LogP) is 6.26. The maximum absolute atomic E-state index is 13.3. The third kappa shape index (κ3) is 8.02. The van der Waals surface area contributed by atoms with Crippen molar-refractivity contribution in [3.8, 4) is 0 Å². The lowest BCUT2D eigenvalue weighted by Gasteiger charge is -2.33. The van der Waals surface area contributed by atoms with Gasteiger partial charge in [0.2, 0.25) is 11.8 Å². The quantitative estimate of drug-likeness (QED) is 0.447. The van der Waals surface area contributed by atoms with Crippen LogP contribution in [0.1, 0.15) is 50.8 Å². The first-order valence-corrected chi connectivity index (χ1v) is 12.6. The third-order valence-corrected chi connectivity index (χ3v) is 6.55. The van der Waals surface area contributed by atoms with E-state index in [0.717, 1.165) is 5.75 Å². The monoisotopic (exact) mass is 494 g/mol. The van der Waals surface area contributed by atoms with Gasteiger partial charge in [-0.25, -0.2) is 0 Å². The van der Waals surface area contributed by atoms with E-state index in [9.17, 15) is 9.59 Å². The number of rotatable bonds is 9. The van der Waals surface area contributed by atoms with Gasteiger partial charge < -0.3 is 10.2 Å². The molecular formula is C25H32Cl2N2O2S. The number of carbonyl (C=O) groups is 2. The molecule has 1 N–H and O–H groups in total. The van der Waals surface area contributed by atoms with E-state index in [-0.39, 0.29) is 24.1 Å². The largest absolute Gasteiger partial charge is 0.350 e. The van der Waals surface area contributed by atoms with Crippen molar-refractivity contribution in [2.75, 3.05) is 5.75 Å². The molecule has 174 valence electrons. The summed E-state index contributed by atoms with van der Waals surface area (Å²) in [6.07, 6.45) is 0.484. The second kappa shape index (κ2) is 12.0. The second-order valence-electron chi connectivity index (χ2n) is 8.87. The Balaban J connectivity index is 2.23. The van der Waals surface area contributed by atoms with Gasteiger partial charge in [-0.05, 0) is 51.8 Å². The first-order chi connectivity index (χ1) is 15.0. The molecule has 2 aromatic rings. The molecule has 0 saturated heterocycles. The van der Waals surface area contributed by atoms with Gasteiger partial charge in [0.25, 0.3) is 0 Å². The minimum atomic E-state index is -0.617. The fraction of sp³-hybridized carbons (Fsp3) is 0.440. The molecule has 2 aromatic carbocycles. The number of nitrogens with one attached hydrogen (secondary N) is 1. The van der Waals surface area contributed by atoms with Gasteiger partial charge in [0.05, 0.1) is 5.75 Å². The summed E-state index contributed by atoms with van der Waals surface area (Å²) in [4.78, 5) is 28.0. The van der Waals surface area contributed by atoms with Gasteiger partial charge in [-0.15, -0.1) is 11.8 Å². The molecule has 0 aliphatic rings. The minimum absolute atomic E-state index is 0.116. The Bertz CT molecular complexity index is 924. The van der Waals surface area contributed by atoms with Gasteiger partial charge in [0.15, 0.2) is 0 Å². The zero-order valence-corrected chi connectivity index (χ0v) is 21.7. The van der Waals surface area contributed by atoms with Crippen molar-refractivity contribution in [2.24, 2.45) is 0 Å². The van der Waals surface area contributed by atoms with Gasteiger partial charge in [-0.2, -0.15) is 0 Å². The van der Waals surface area contributed by atoms with Gasteiger partial charge in [0, 0.05) is 33.4 Å². The molecule has 2 amide bonds. The van der Waals surface area contributed by atoms with Crippen molar-refractivity contribution in [1.29, 1.82) is 0 Å². The van der Waals surface area contributed by atoms with Crippen LogP contribution in [0.5, 0.6) is 0 Å². The van der Waals surface area contributed by atoms with Crippen molar-refractivity contribution in [3.63, 3.8) is 0 Å². The summed E-state index contributed by atoms with van der Waals surface area (Å²) in [7, 11) is 0. The van der Waals surface area contributed by atoms with E-state index >= 15 is 0 Å². The Morgan fingerprint density at radius 1 is 1.09 bits per heavy atom. The lowest BCUT2D eigenvalue weighted by Crippen LogP contribution is -2.53. The number of hydrogen-bond acceptors (Lipinski definition) is 3. The number of hydrogen-bond donors (Lipinski definition) is 1. The molecule has 1 atom stereocenters. The summed E-state index contributed by atoms with van der Waals surface area (Å²) in [6, 6.07) is 12.9. The van der Waals surface area contributed by atoms with E-state index in [4.69, 9.17) is 23.2 Å². The summed E-state index contributed by atoms with van der Waals surface area (Å²) in [5.41, 5.74) is 2.60. The lowest BCUT2D eigenvalue weighted by molar-refractivity contribution is -0.140. The fourth-order valence-electron chi connectivity index (χ4n) is 3.37. The number of amides is 2. The van der Waals surface area contributed by atoms with Crippen LogP contribution in [0, 0.1) is 6.92 Å². The normalized spacial score (nSPS) is 12.3. The average molecular weight is 496 g/mol. The lowest BCUT2D eigenvalue weighted by atomic mass is 10.1. The summed E-state index contributed by atoms with van der Waals surface area (Å²) in [5.74, 6) is 0.684. The molecule has 0 aliphatic heterocycles. The second-order valence-corrected chi connectivity index (χ2v) is 10.7. The fourth-order valence-corrected chi connectivity index (χ4v) is 4.74. The molecule has 0 saturated carbocycles.